The molecule has 3 aromatic rings. The highest BCUT2D eigenvalue weighted by Gasteiger charge is 2.18. The van der Waals surface area contributed by atoms with E-state index in [2.05, 4.69) is 58.0 Å². The van der Waals surface area contributed by atoms with Crippen LogP contribution in [0.2, 0.25) is 0 Å². The Hall–Kier alpha value is -1.33. The molecule has 0 aliphatic carbocycles. The molecule has 0 saturated carbocycles. The molecule has 3 rings (SSSR count). The highest BCUT2D eigenvalue weighted by atomic mass is 79.9. The van der Waals surface area contributed by atoms with Crippen LogP contribution in [0.1, 0.15) is 0 Å². The average Bonchev–Trinajstić information content (AvgIpc) is 2.54. The summed E-state index contributed by atoms with van der Waals surface area (Å²) in [5, 5.41) is 9.04. The molecule has 0 unspecified atom stereocenters. The minimum atomic E-state index is -4.46. The van der Waals surface area contributed by atoms with Gasteiger partial charge >= 0.3 is 0 Å². The molecule has 0 amide bonds. The maximum absolute atomic E-state index is 11.8. The number of azo groups is 1. The summed E-state index contributed by atoms with van der Waals surface area (Å²) in [6, 6.07) is 11.4. The van der Waals surface area contributed by atoms with Gasteiger partial charge in [-0.1, -0.05) is 40.2 Å². The molecule has 3 aromatic carbocycles. The van der Waals surface area contributed by atoms with Gasteiger partial charge in [-0.15, -0.1) is 10.2 Å². The van der Waals surface area contributed by atoms with Crippen molar-refractivity contribution in [1.82, 2.24) is 0 Å². The molecule has 0 bridgehead atoms. The molecule has 0 spiro atoms. The van der Waals surface area contributed by atoms with Gasteiger partial charge in [-0.05, 0) is 50.1 Å². The van der Waals surface area contributed by atoms with Crippen LogP contribution in [0.15, 0.2) is 71.0 Å². The quantitative estimate of drug-likeness (QED) is 0.219. The van der Waals surface area contributed by atoms with Crippen LogP contribution < -0.4 is 5.73 Å². The van der Waals surface area contributed by atoms with E-state index < -0.39 is 10.1 Å². The van der Waals surface area contributed by atoms with Crippen LogP contribution in [0.5, 0.6) is 0 Å². The third-order valence-electron chi connectivity index (χ3n) is 3.54. The summed E-state index contributed by atoms with van der Waals surface area (Å²) in [6.45, 7) is 0. The first-order valence-electron chi connectivity index (χ1n) is 7.03. The molecule has 0 heterocycles. The van der Waals surface area contributed by atoms with Gasteiger partial charge in [0.1, 0.15) is 16.3 Å². The summed E-state index contributed by atoms with van der Waals surface area (Å²) in [7, 11) is -4.46. The first-order chi connectivity index (χ1) is 12.2. The van der Waals surface area contributed by atoms with E-state index in [1.54, 1.807) is 36.4 Å². The van der Waals surface area contributed by atoms with Crippen molar-refractivity contribution < 1.29 is 13.0 Å². The van der Waals surface area contributed by atoms with Crippen molar-refractivity contribution in [3.8, 4) is 0 Å². The Labute approximate surface area is 174 Å². The molecular formula is C16H10Br3N3O3S. The lowest BCUT2D eigenvalue weighted by Crippen LogP contribution is -2.01. The Balaban J connectivity index is 2.22. The summed E-state index contributed by atoms with van der Waals surface area (Å²) in [5.74, 6) is 0. The Kier molecular flexibility index (Phi) is 5.50. The Morgan fingerprint density at radius 3 is 2.08 bits per heavy atom. The van der Waals surface area contributed by atoms with Crippen LogP contribution in [0.4, 0.5) is 17.1 Å². The topological polar surface area (TPSA) is 105 Å². The first kappa shape index (κ1) is 19.4. The third-order valence-corrected chi connectivity index (χ3v) is 6.10. The lowest BCUT2D eigenvalue weighted by molar-refractivity contribution is 0.484. The van der Waals surface area contributed by atoms with E-state index in [0.717, 1.165) is 4.47 Å². The lowest BCUT2D eigenvalue weighted by atomic mass is 10.1. The molecule has 10 heteroatoms. The van der Waals surface area contributed by atoms with Gasteiger partial charge in [0.15, 0.2) is 0 Å². The monoisotopic (exact) mass is 561 g/mol. The summed E-state index contributed by atoms with van der Waals surface area (Å²) in [5.41, 5.74) is 7.04. The number of fused-ring (bicyclic) bond motifs is 1. The fourth-order valence-electron chi connectivity index (χ4n) is 2.38. The van der Waals surface area contributed by atoms with E-state index in [0.29, 0.717) is 25.4 Å². The van der Waals surface area contributed by atoms with Gasteiger partial charge < -0.3 is 5.73 Å². The van der Waals surface area contributed by atoms with Crippen molar-refractivity contribution in [2.24, 2.45) is 10.2 Å². The molecule has 0 aromatic heterocycles. The zero-order chi connectivity index (χ0) is 19.1. The van der Waals surface area contributed by atoms with Crippen LogP contribution in [0.3, 0.4) is 0 Å². The number of hydrogen-bond donors (Lipinski definition) is 2. The third kappa shape index (κ3) is 3.84. The smallest absolute Gasteiger partial charge is 0.295 e. The summed E-state index contributed by atoms with van der Waals surface area (Å²) >= 11 is 10.2. The summed E-state index contributed by atoms with van der Waals surface area (Å²) < 4.78 is 35.2. The molecule has 0 radical (unpaired) electrons. The summed E-state index contributed by atoms with van der Waals surface area (Å²) in [4.78, 5) is -0.273. The fourth-order valence-corrected chi connectivity index (χ4v) is 5.51. The Bertz CT molecular complexity index is 1140. The van der Waals surface area contributed by atoms with Gasteiger partial charge in [0.25, 0.3) is 10.1 Å². The van der Waals surface area contributed by atoms with Gasteiger partial charge in [-0.2, -0.15) is 8.42 Å². The number of anilines is 1. The lowest BCUT2D eigenvalue weighted by Gasteiger charge is -2.09. The number of hydrogen-bond acceptors (Lipinski definition) is 5. The van der Waals surface area contributed by atoms with Crippen LogP contribution in [0, 0.1) is 0 Å². The van der Waals surface area contributed by atoms with E-state index >= 15 is 0 Å². The van der Waals surface area contributed by atoms with E-state index in [9.17, 15) is 13.0 Å². The molecule has 0 atom stereocenters. The molecule has 26 heavy (non-hydrogen) atoms. The number of nitrogen functional groups attached to an aromatic ring is 1. The second-order valence-electron chi connectivity index (χ2n) is 5.25. The SMILES string of the molecule is Nc1c(N=Nc2c(Br)cc(Br)cc2Br)cc(S(=O)(=O)O)c2ccccc12. The minimum absolute atomic E-state index is 0.137. The van der Waals surface area contributed by atoms with Gasteiger partial charge in [-0.25, -0.2) is 0 Å². The van der Waals surface area contributed by atoms with Crippen LogP contribution in [0.25, 0.3) is 10.8 Å². The first-order valence-corrected chi connectivity index (χ1v) is 10.9. The predicted octanol–water partition coefficient (Wildman–Crippen LogP) is 6.37. The maximum Gasteiger partial charge on any atom is 0.295 e. The second-order valence-corrected chi connectivity index (χ2v) is 9.26. The van der Waals surface area contributed by atoms with Gasteiger partial charge in [0.2, 0.25) is 0 Å². The number of nitrogens with zero attached hydrogens (tertiary/aromatic N) is 2. The van der Waals surface area contributed by atoms with E-state index in [4.69, 9.17) is 5.73 Å². The highest BCUT2D eigenvalue weighted by Crippen LogP contribution is 2.40. The van der Waals surface area contributed by atoms with Crippen molar-refractivity contribution in [1.29, 1.82) is 0 Å². The number of rotatable bonds is 3. The minimum Gasteiger partial charge on any atom is -0.396 e. The molecule has 0 fully saturated rings. The van der Waals surface area contributed by atoms with E-state index in [-0.39, 0.29) is 16.3 Å². The standard InChI is InChI=1S/C16H10Br3N3O3S/c17-8-5-11(18)16(12(19)6-8)22-21-13-7-14(26(23,24)25)9-3-1-2-4-10(9)15(13)20/h1-7H,20H2,(H,23,24,25). The predicted molar refractivity (Wildman–Crippen MR) is 112 cm³/mol. The summed E-state index contributed by atoms with van der Waals surface area (Å²) in [6.07, 6.45) is 0. The van der Waals surface area contributed by atoms with Crippen molar-refractivity contribution in [3.63, 3.8) is 0 Å². The van der Waals surface area contributed by atoms with Gasteiger partial charge in [0.05, 0.1) is 5.69 Å². The molecule has 6 nitrogen and oxygen atoms in total. The number of nitrogens with two attached hydrogens (primary N) is 1. The number of benzene rings is 3. The van der Waals surface area contributed by atoms with E-state index in [1.165, 1.54) is 6.07 Å². The molecular weight excluding hydrogens is 554 g/mol. The van der Waals surface area contributed by atoms with Crippen LogP contribution in [-0.4, -0.2) is 13.0 Å². The maximum atomic E-state index is 11.8. The molecule has 0 saturated heterocycles. The number of halogens is 3. The van der Waals surface area contributed by atoms with Crippen LogP contribution in [-0.2, 0) is 10.1 Å². The van der Waals surface area contributed by atoms with Gasteiger partial charge in [-0.3, -0.25) is 4.55 Å². The second kappa shape index (κ2) is 7.35. The molecule has 0 aliphatic rings. The zero-order valence-electron chi connectivity index (χ0n) is 12.8. The fraction of sp³-hybridized carbons (Fsp3) is 0. The van der Waals surface area contributed by atoms with Crippen molar-refractivity contribution >= 4 is 85.7 Å². The normalized spacial score (nSPS) is 12.2. The zero-order valence-corrected chi connectivity index (χ0v) is 18.4. The molecule has 134 valence electrons. The van der Waals surface area contributed by atoms with E-state index in [1.807, 2.05) is 0 Å². The molecule has 3 N–H and O–H groups in total. The van der Waals surface area contributed by atoms with Crippen molar-refractivity contribution in [2.45, 2.75) is 4.90 Å². The average molecular weight is 564 g/mol. The highest BCUT2D eigenvalue weighted by molar-refractivity contribution is 9.11. The Morgan fingerprint density at radius 1 is 0.923 bits per heavy atom. The Morgan fingerprint density at radius 2 is 1.50 bits per heavy atom. The molecule has 0 aliphatic heterocycles. The largest absolute Gasteiger partial charge is 0.396 e. The van der Waals surface area contributed by atoms with Gasteiger partial charge in [0, 0.05) is 24.2 Å². The van der Waals surface area contributed by atoms with Crippen molar-refractivity contribution in [3.05, 3.63) is 55.9 Å². The van der Waals surface area contributed by atoms with Crippen molar-refractivity contribution in [2.75, 3.05) is 5.73 Å². The van der Waals surface area contributed by atoms with Crippen LogP contribution >= 0.6 is 47.8 Å².